The van der Waals surface area contributed by atoms with Gasteiger partial charge >= 0.3 is 0 Å². The van der Waals surface area contributed by atoms with E-state index in [-0.39, 0.29) is 5.91 Å². The molecule has 2 nitrogen and oxygen atoms in total. The molecule has 20 heavy (non-hydrogen) atoms. The van der Waals surface area contributed by atoms with E-state index >= 15 is 0 Å². The van der Waals surface area contributed by atoms with Crippen LogP contribution in [0.15, 0.2) is 18.2 Å². The molecule has 1 amide bonds. The van der Waals surface area contributed by atoms with Crippen LogP contribution in [0.2, 0.25) is 0 Å². The van der Waals surface area contributed by atoms with Crippen LogP contribution in [0.1, 0.15) is 62.5 Å². The Morgan fingerprint density at radius 1 is 1.05 bits per heavy atom. The number of fused-ring (bicyclic) bond motifs is 1. The largest absolute Gasteiger partial charge is 0.326 e. The molecule has 1 N–H and O–H groups in total. The van der Waals surface area contributed by atoms with E-state index in [2.05, 4.69) is 23.5 Å². The number of rotatable bonds is 4. The second-order valence-corrected chi connectivity index (χ2v) is 6.43. The Kier molecular flexibility index (Phi) is 4.39. The first kappa shape index (κ1) is 13.7. The van der Waals surface area contributed by atoms with Crippen molar-refractivity contribution in [2.24, 2.45) is 5.92 Å². The van der Waals surface area contributed by atoms with Gasteiger partial charge in [0.15, 0.2) is 0 Å². The van der Waals surface area contributed by atoms with Gasteiger partial charge in [-0.2, -0.15) is 0 Å². The zero-order chi connectivity index (χ0) is 13.8. The summed E-state index contributed by atoms with van der Waals surface area (Å²) in [4.78, 5) is 12.0. The van der Waals surface area contributed by atoms with Gasteiger partial charge in [-0.1, -0.05) is 38.2 Å². The first-order chi connectivity index (χ1) is 9.81. The van der Waals surface area contributed by atoms with Gasteiger partial charge in [0.1, 0.15) is 0 Å². The number of benzene rings is 1. The Morgan fingerprint density at radius 3 is 2.70 bits per heavy atom. The highest BCUT2D eigenvalue weighted by molar-refractivity contribution is 5.90. The highest BCUT2D eigenvalue weighted by Gasteiger charge is 2.15. The van der Waals surface area contributed by atoms with Gasteiger partial charge in [-0.15, -0.1) is 0 Å². The standard InChI is InChI=1S/C18H25NO/c20-18(12-9-14-5-2-1-3-6-14)19-17-11-10-15-7-4-8-16(15)13-17/h10-11,13-14H,1-9,12H2,(H,19,20). The molecule has 2 heteroatoms. The molecule has 1 saturated carbocycles. The summed E-state index contributed by atoms with van der Waals surface area (Å²) in [6, 6.07) is 6.41. The fraction of sp³-hybridized carbons (Fsp3) is 0.611. The highest BCUT2D eigenvalue weighted by Crippen LogP contribution is 2.28. The van der Waals surface area contributed by atoms with Gasteiger partial charge in [0, 0.05) is 12.1 Å². The SMILES string of the molecule is O=C(CCC1CCCCC1)Nc1ccc2c(c1)CCC2. The predicted octanol–water partition coefficient (Wildman–Crippen LogP) is 4.47. The van der Waals surface area contributed by atoms with Gasteiger partial charge in [-0.05, 0) is 54.9 Å². The van der Waals surface area contributed by atoms with Crippen LogP contribution in [-0.4, -0.2) is 5.91 Å². The van der Waals surface area contributed by atoms with Crippen molar-refractivity contribution in [3.05, 3.63) is 29.3 Å². The maximum Gasteiger partial charge on any atom is 0.224 e. The van der Waals surface area contributed by atoms with Crippen molar-refractivity contribution in [2.75, 3.05) is 5.32 Å². The van der Waals surface area contributed by atoms with Crippen LogP contribution in [0.4, 0.5) is 5.69 Å². The van der Waals surface area contributed by atoms with Gasteiger partial charge in [0.05, 0.1) is 0 Å². The average molecular weight is 271 g/mol. The van der Waals surface area contributed by atoms with Crippen LogP contribution in [-0.2, 0) is 17.6 Å². The van der Waals surface area contributed by atoms with Gasteiger partial charge in [0.25, 0.3) is 0 Å². The third-order valence-electron chi connectivity index (χ3n) is 4.89. The normalized spacial score (nSPS) is 18.8. The summed E-state index contributed by atoms with van der Waals surface area (Å²) in [7, 11) is 0. The van der Waals surface area contributed by atoms with E-state index in [4.69, 9.17) is 0 Å². The number of amides is 1. The Balaban J connectivity index is 1.48. The molecule has 1 fully saturated rings. The van der Waals surface area contributed by atoms with Crippen molar-refractivity contribution in [2.45, 2.75) is 64.2 Å². The predicted molar refractivity (Wildman–Crippen MR) is 82.9 cm³/mol. The van der Waals surface area contributed by atoms with Crippen molar-refractivity contribution in [1.29, 1.82) is 0 Å². The third kappa shape index (κ3) is 3.41. The molecule has 0 aromatic heterocycles. The Hall–Kier alpha value is -1.31. The van der Waals surface area contributed by atoms with Crippen LogP contribution in [0.5, 0.6) is 0 Å². The van der Waals surface area contributed by atoms with E-state index in [9.17, 15) is 4.79 Å². The van der Waals surface area contributed by atoms with Crippen molar-refractivity contribution in [3.63, 3.8) is 0 Å². The van der Waals surface area contributed by atoms with Gasteiger partial charge < -0.3 is 5.32 Å². The van der Waals surface area contributed by atoms with E-state index in [0.717, 1.165) is 18.0 Å². The van der Waals surface area contributed by atoms with Gasteiger partial charge in [-0.3, -0.25) is 4.79 Å². The monoisotopic (exact) mass is 271 g/mol. The molecule has 1 aromatic carbocycles. The van der Waals surface area contributed by atoms with Crippen molar-refractivity contribution in [1.82, 2.24) is 0 Å². The van der Waals surface area contributed by atoms with Crippen LogP contribution < -0.4 is 5.32 Å². The Bertz CT molecular complexity index is 474. The number of carbonyl (C=O) groups excluding carboxylic acids is 1. The average Bonchev–Trinajstić information content (AvgIpc) is 2.94. The molecule has 0 unspecified atom stereocenters. The zero-order valence-electron chi connectivity index (χ0n) is 12.3. The molecule has 2 aliphatic rings. The minimum atomic E-state index is 0.188. The molecule has 3 rings (SSSR count). The van der Waals surface area contributed by atoms with E-state index in [1.54, 1.807) is 0 Å². The number of hydrogen-bond acceptors (Lipinski definition) is 1. The summed E-state index contributed by atoms with van der Waals surface area (Å²) < 4.78 is 0. The summed E-state index contributed by atoms with van der Waals surface area (Å²) in [6.45, 7) is 0. The number of anilines is 1. The second kappa shape index (κ2) is 6.43. The number of carbonyl (C=O) groups is 1. The van der Waals surface area contributed by atoms with Gasteiger partial charge in [-0.25, -0.2) is 0 Å². The maximum absolute atomic E-state index is 12.0. The molecule has 0 spiro atoms. The molecule has 0 atom stereocenters. The summed E-state index contributed by atoms with van der Waals surface area (Å²) in [5.74, 6) is 0.975. The molecule has 0 radical (unpaired) electrons. The van der Waals surface area contributed by atoms with Crippen LogP contribution in [0.25, 0.3) is 0 Å². The molecule has 0 saturated heterocycles. The lowest BCUT2D eigenvalue weighted by atomic mass is 9.86. The summed E-state index contributed by atoms with van der Waals surface area (Å²) in [5, 5.41) is 3.07. The Labute approximate surface area is 122 Å². The first-order valence-corrected chi connectivity index (χ1v) is 8.23. The summed E-state index contributed by atoms with van der Waals surface area (Å²) in [5.41, 5.74) is 3.87. The highest BCUT2D eigenvalue weighted by atomic mass is 16.1. The zero-order valence-corrected chi connectivity index (χ0v) is 12.3. The molecule has 108 valence electrons. The van der Waals surface area contributed by atoms with E-state index in [0.29, 0.717) is 6.42 Å². The lowest BCUT2D eigenvalue weighted by molar-refractivity contribution is -0.116. The van der Waals surface area contributed by atoms with Crippen LogP contribution >= 0.6 is 0 Å². The number of aryl methyl sites for hydroxylation is 2. The minimum Gasteiger partial charge on any atom is -0.326 e. The number of nitrogens with one attached hydrogen (secondary N) is 1. The molecule has 0 bridgehead atoms. The van der Waals surface area contributed by atoms with Crippen LogP contribution in [0.3, 0.4) is 0 Å². The van der Waals surface area contributed by atoms with Crippen molar-refractivity contribution < 1.29 is 4.79 Å². The lowest BCUT2D eigenvalue weighted by Crippen LogP contribution is -2.15. The van der Waals surface area contributed by atoms with Gasteiger partial charge in [0.2, 0.25) is 5.91 Å². The van der Waals surface area contributed by atoms with E-state index in [1.165, 1.54) is 62.5 Å². The number of hydrogen-bond donors (Lipinski definition) is 1. The molecule has 1 aromatic rings. The lowest BCUT2D eigenvalue weighted by Gasteiger charge is -2.21. The first-order valence-electron chi connectivity index (χ1n) is 8.23. The molecule has 2 aliphatic carbocycles. The summed E-state index contributed by atoms with van der Waals surface area (Å²) >= 11 is 0. The van der Waals surface area contributed by atoms with Crippen molar-refractivity contribution >= 4 is 11.6 Å². The third-order valence-corrected chi connectivity index (χ3v) is 4.89. The maximum atomic E-state index is 12.0. The molecule has 0 aliphatic heterocycles. The molecular weight excluding hydrogens is 246 g/mol. The minimum absolute atomic E-state index is 0.188. The van der Waals surface area contributed by atoms with E-state index < -0.39 is 0 Å². The smallest absolute Gasteiger partial charge is 0.224 e. The van der Waals surface area contributed by atoms with Crippen LogP contribution in [0, 0.1) is 5.92 Å². The Morgan fingerprint density at radius 2 is 1.85 bits per heavy atom. The summed E-state index contributed by atoms with van der Waals surface area (Å²) in [6.07, 6.45) is 12.1. The quantitative estimate of drug-likeness (QED) is 0.859. The fourth-order valence-electron chi connectivity index (χ4n) is 3.68. The van der Waals surface area contributed by atoms with E-state index in [1.807, 2.05) is 0 Å². The molecular formula is C18H25NO. The van der Waals surface area contributed by atoms with Crippen molar-refractivity contribution in [3.8, 4) is 0 Å². The fourth-order valence-corrected chi connectivity index (χ4v) is 3.68. The topological polar surface area (TPSA) is 29.1 Å². The second-order valence-electron chi connectivity index (χ2n) is 6.43. The molecule has 0 heterocycles.